The van der Waals surface area contributed by atoms with E-state index in [0.717, 1.165) is 0 Å². The second-order valence-corrected chi connectivity index (χ2v) is 6.98. The molecule has 0 aliphatic heterocycles. The third kappa shape index (κ3) is 5.80. The van der Waals surface area contributed by atoms with Crippen LogP contribution in [0.1, 0.15) is 79.7 Å². The van der Waals surface area contributed by atoms with E-state index in [1.807, 2.05) is 13.8 Å². The molecule has 0 amide bonds. The lowest BCUT2D eigenvalue weighted by Crippen LogP contribution is -2.29. The van der Waals surface area contributed by atoms with Gasteiger partial charge in [-0.1, -0.05) is 85.7 Å². The summed E-state index contributed by atoms with van der Waals surface area (Å²) < 4.78 is 0. The molecule has 0 saturated carbocycles. The first-order valence-corrected chi connectivity index (χ1v) is 7.79. The van der Waals surface area contributed by atoms with E-state index < -0.39 is 0 Å². The standard InChI is InChI=1S/C17H28.C2H6/c1-14(15-10-8-7-9-11-15)12-13-17(5,6)16(2,3)4;1-2/h7-11,14H,12-13H2,1-6H3;1-2H3. The van der Waals surface area contributed by atoms with Crippen molar-refractivity contribution < 1.29 is 0 Å². The van der Waals surface area contributed by atoms with Gasteiger partial charge in [-0.2, -0.15) is 0 Å². The molecule has 0 aliphatic rings. The van der Waals surface area contributed by atoms with Crippen molar-refractivity contribution in [2.45, 2.75) is 74.1 Å². The summed E-state index contributed by atoms with van der Waals surface area (Å²) in [5, 5.41) is 0. The molecular weight excluding hydrogens is 228 g/mol. The van der Waals surface area contributed by atoms with Crippen LogP contribution in [-0.2, 0) is 0 Å². The Morgan fingerprint density at radius 1 is 0.895 bits per heavy atom. The number of hydrogen-bond donors (Lipinski definition) is 0. The number of hydrogen-bond acceptors (Lipinski definition) is 0. The van der Waals surface area contributed by atoms with Crippen LogP contribution in [0.3, 0.4) is 0 Å². The van der Waals surface area contributed by atoms with Crippen LogP contribution in [0.25, 0.3) is 0 Å². The van der Waals surface area contributed by atoms with Crippen LogP contribution in [0, 0.1) is 10.8 Å². The zero-order valence-electron chi connectivity index (χ0n) is 14.4. The van der Waals surface area contributed by atoms with Crippen molar-refractivity contribution in [3.63, 3.8) is 0 Å². The lowest BCUT2D eigenvalue weighted by Gasteiger charge is -2.39. The predicted molar refractivity (Wildman–Crippen MR) is 88.7 cm³/mol. The van der Waals surface area contributed by atoms with E-state index in [1.54, 1.807) is 0 Å². The molecule has 0 saturated heterocycles. The zero-order valence-corrected chi connectivity index (χ0v) is 14.4. The van der Waals surface area contributed by atoms with E-state index in [4.69, 9.17) is 0 Å². The third-order valence-electron chi connectivity index (χ3n) is 4.60. The average molecular weight is 262 g/mol. The highest BCUT2D eigenvalue weighted by atomic mass is 14.4. The van der Waals surface area contributed by atoms with Gasteiger partial charge in [0.2, 0.25) is 0 Å². The molecule has 1 atom stereocenters. The lowest BCUT2D eigenvalue weighted by molar-refractivity contribution is 0.114. The van der Waals surface area contributed by atoms with Gasteiger partial charge in [-0.05, 0) is 35.2 Å². The van der Waals surface area contributed by atoms with Crippen molar-refractivity contribution in [3.8, 4) is 0 Å². The van der Waals surface area contributed by atoms with Crippen LogP contribution >= 0.6 is 0 Å². The van der Waals surface area contributed by atoms with E-state index in [2.05, 4.69) is 71.9 Å². The van der Waals surface area contributed by atoms with Gasteiger partial charge in [-0.25, -0.2) is 0 Å². The average Bonchev–Trinajstić information content (AvgIpc) is 2.38. The van der Waals surface area contributed by atoms with Crippen LogP contribution < -0.4 is 0 Å². The minimum Gasteiger partial charge on any atom is -0.0683 e. The molecule has 0 heteroatoms. The number of benzene rings is 1. The Morgan fingerprint density at radius 2 is 1.37 bits per heavy atom. The number of rotatable bonds is 4. The Morgan fingerprint density at radius 3 is 1.79 bits per heavy atom. The van der Waals surface area contributed by atoms with Gasteiger partial charge in [-0.3, -0.25) is 0 Å². The Kier molecular flexibility index (Phi) is 7.41. The van der Waals surface area contributed by atoms with E-state index in [1.165, 1.54) is 18.4 Å². The fourth-order valence-electron chi connectivity index (χ4n) is 1.90. The minimum atomic E-state index is 0.378. The van der Waals surface area contributed by atoms with Crippen molar-refractivity contribution in [1.29, 1.82) is 0 Å². The molecule has 1 unspecified atom stereocenters. The van der Waals surface area contributed by atoms with Crippen molar-refractivity contribution in [2.75, 3.05) is 0 Å². The molecule has 0 spiro atoms. The summed E-state index contributed by atoms with van der Waals surface area (Å²) in [7, 11) is 0. The third-order valence-corrected chi connectivity index (χ3v) is 4.60. The molecule has 0 aliphatic carbocycles. The molecule has 0 heterocycles. The molecule has 0 aromatic heterocycles. The van der Waals surface area contributed by atoms with Gasteiger partial charge in [0.1, 0.15) is 0 Å². The largest absolute Gasteiger partial charge is 0.0683 e. The van der Waals surface area contributed by atoms with Gasteiger partial charge in [0.05, 0.1) is 0 Å². The van der Waals surface area contributed by atoms with Crippen molar-refractivity contribution in [3.05, 3.63) is 35.9 Å². The Labute approximate surface area is 121 Å². The second-order valence-electron chi connectivity index (χ2n) is 6.98. The first-order valence-electron chi connectivity index (χ1n) is 7.79. The van der Waals surface area contributed by atoms with Crippen molar-refractivity contribution >= 4 is 0 Å². The molecule has 110 valence electrons. The molecule has 19 heavy (non-hydrogen) atoms. The zero-order chi connectivity index (χ0) is 15.1. The van der Waals surface area contributed by atoms with Crippen molar-refractivity contribution in [1.82, 2.24) is 0 Å². The van der Waals surface area contributed by atoms with Gasteiger partial charge in [0, 0.05) is 0 Å². The highest BCUT2D eigenvalue weighted by molar-refractivity contribution is 5.18. The summed E-state index contributed by atoms with van der Waals surface area (Å²) in [6.07, 6.45) is 2.56. The normalized spacial score (nSPS) is 13.5. The van der Waals surface area contributed by atoms with Gasteiger partial charge >= 0.3 is 0 Å². The highest BCUT2D eigenvalue weighted by Crippen LogP contribution is 2.43. The quantitative estimate of drug-likeness (QED) is 0.568. The summed E-state index contributed by atoms with van der Waals surface area (Å²) in [6, 6.07) is 10.9. The smallest absolute Gasteiger partial charge is 0.0190 e. The Balaban J connectivity index is 0.00000154. The fourth-order valence-corrected chi connectivity index (χ4v) is 1.90. The fraction of sp³-hybridized carbons (Fsp3) is 0.684. The molecule has 0 N–H and O–H groups in total. The van der Waals surface area contributed by atoms with E-state index in [9.17, 15) is 0 Å². The molecule has 0 fully saturated rings. The Hall–Kier alpha value is -0.780. The van der Waals surface area contributed by atoms with Crippen LogP contribution in [0.5, 0.6) is 0 Å². The van der Waals surface area contributed by atoms with Gasteiger partial charge in [0.25, 0.3) is 0 Å². The van der Waals surface area contributed by atoms with Gasteiger partial charge in [0.15, 0.2) is 0 Å². The summed E-state index contributed by atoms with van der Waals surface area (Å²) in [5.74, 6) is 0.665. The molecule has 0 nitrogen and oxygen atoms in total. The second kappa shape index (κ2) is 7.72. The molecular formula is C19H34. The maximum atomic E-state index is 2.39. The minimum absolute atomic E-state index is 0.378. The first-order chi connectivity index (χ1) is 8.74. The monoisotopic (exact) mass is 262 g/mol. The van der Waals surface area contributed by atoms with E-state index in [0.29, 0.717) is 16.7 Å². The maximum absolute atomic E-state index is 2.39. The van der Waals surface area contributed by atoms with Gasteiger partial charge in [-0.15, -0.1) is 0 Å². The maximum Gasteiger partial charge on any atom is -0.0190 e. The first kappa shape index (κ1) is 18.2. The molecule has 0 bridgehead atoms. The van der Waals surface area contributed by atoms with Crippen LogP contribution in [-0.4, -0.2) is 0 Å². The molecule has 1 aromatic rings. The lowest BCUT2D eigenvalue weighted by atomic mass is 9.66. The summed E-state index contributed by atoms with van der Waals surface area (Å²) in [5.41, 5.74) is 2.25. The molecule has 0 radical (unpaired) electrons. The molecule has 1 aromatic carbocycles. The van der Waals surface area contributed by atoms with Crippen LogP contribution in [0.15, 0.2) is 30.3 Å². The van der Waals surface area contributed by atoms with E-state index >= 15 is 0 Å². The molecule has 1 rings (SSSR count). The van der Waals surface area contributed by atoms with E-state index in [-0.39, 0.29) is 0 Å². The predicted octanol–water partition coefficient (Wildman–Crippen LogP) is 6.67. The van der Waals surface area contributed by atoms with Crippen LogP contribution in [0.2, 0.25) is 0 Å². The van der Waals surface area contributed by atoms with Crippen LogP contribution in [0.4, 0.5) is 0 Å². The summed E-state index contributed by atoms with van der Waals surface area (Å²) >= 11 is 0. The topological polar surface area (TPSA) is 0 Å². The summed E-state index contributed by atoms with van der Waals surface area (Å²) in [4.78, 5) is 0. The summed E-state index contributed by atoms with van der Waals surface area (Å²) in [6.45, 7) is 18.2. The highest BCUT2D eigenvalue weighted by Gasteiger charge is 2.32. The van der Waals surface area contributed by atoms with Gasteiger partial charge < -0.3 is 0 Å². The SMILES string of the molecule is CC.CC(CCC(C)(C)C(C)(C)C)c1ccccc1. The Bertz CT molecular complexity index is 327. The van der Waals surface area contributed by atoms with Crippen molar-refractivity contribution in [2.24, 2.45) is 10.8 Å².